The van der Waals surface area contributed by atoms with Crippen molar-refractivity contribution in [3.8, 4) is 0 Å². The van der Waals surface area contributed by atoms with E-state index in [1.54, 1.807) is 0 Å². The molecule has 120 valence electrons. The number of rotatable bonds is 10. The van der Waals surface area contributed by atoms with Crippen molar-refractivity contribution in [3.63, 3.8) is 0 Å². The van der Waals surface area contributed by atoms with E-state index in [1.165, 1.54) is 11.8 Å². The van der Waals surface area contributed by atoms with Gasteiger partial charge in [-0.15, -0.1) is 11.8 Å². The van der Waals surface area contributed by atoms with Crippen LogP contribution in [0.1, 0.15) is 52.9 Å². The van der Waals surface area contributed by atoms with E-state index in [1.807, 2.05) is 20.8 Å². The zero-order valence-electron chi connectivity index (χ0n) is 12.5. The Balaban J connectivity index is 4.01. The number of halogens is 3. The molecule has 0 bridgehead atoms. The summed E-state index contributed by atoms with van der Waals surface area (Å²) >= 11 is 1.42. The summed E-state index contributed by atoms with van der Waals surface area (Å²) in [5.41, 5.74) is 0. The molecular weight excluding hydrogens is 289 g/mol. The third kappa shape index (κ3) is 11.4. The summed E-state index contributed by atoms with van der Waals surface area (Å²) in [5, 5.41) is -0.257. The third-order valence-electron chi connectivity index (χ3n) is 2.57. The quantitative estimate of drug-likeness (QED) is 0.427. The monoisotopic (exact) mass is 314 g/mol. The first-order chi connectivity index (χ1) is 9.26. The van der Waals surface area contributed by atoms with Crippen LogP contribution in [0.15, 0.2) is 0 Å². The van der Waals surface area contributed by atoms with Crippen LogP contribution < -0.4 is 0 Å². The number of hydrogen-bond acceptors (Lipinski definition) is 3. The molecule has 0 aromatic rings. The number of unbranched alkanes of at least 4 members (excludes halogenated alkanes) is 1. The number of hydrogen-bond donors (Lipinski definition) is 0. The van der Waals surface area contributed by atoms with Gasteiger partial charge >= 0.3 is 12.1 Å². The van der Waals surface area contributed by atoms with Crippen molar-refractivity contribution < 1.29 is 22.7 Å². The summed E-state index contributed by atoms with van der Waals surface area (Å²) < 4.78 is 41.1. The summed E-state index contributed by atoms with van der Waals surface area (Å²) in [4.78, 5) is 11.8. The van der Waals surface area contributed by atoms with Crippen LogP contribution in [0.25, 0.3) is 0 Å². The maximum absolute atomic E-state index is 12.0. The van der Waals surface area contributed by atoms with Crippen molar-refractivity contribution in [3.05, 3.63) is 0 Å². The molecule has 1 atom stereocenters. The lowest BCUT2D eigenvalue weighted by molar-refractivity contribution is -0.143. The highest BCUT2D eigenvalue weighted by atomic mass is 32.2. The lowest BCUT2D eigenvalue weighted by Gasteiger charge is -2.17. The zero-order valence-corrected chi connectivity index (χ0v) is 13.3. The predicted molar refractivity (Wildman–Crippen MR) is 76.9 cm³/mol. The van der Waals surface area contributed by atoms with Crippen LogP contribution in [0.4, 0.5) is 13.2 Å². The average Bonchev–Trinajstić information content (AvgIpc) is 2.32. The molecule has 0 aromatic heterocycles. The lowest BCUT2D eigenvalue weighted by Crippen LogP contribution is -2.23. The summed E-state index contributed by atoms with van der Waals surface area (Å²) in [6, 6.07) is 0. The van der Waals surface area contributed by atoms with Crippen LogP contribution in [-0.2, 0) is 9.53 Å². The second-order valence-electron chi connectivity index (χ2n) is 5.23. The van der Waals surface area contributed by atoms with Crippen molar-refractivity contribution in [1.82, 2.24) is 0 Å². The largest absolute Gasteiger partial charge is 0.465 e. The molecule has 0 radical (unpaired) electrons. The van der Waals surface area contributed by atoms with Gasteiger partial charge < -0.3 is 4.74 Å². The zero-order chi connectivity index (χ0) is 15.6. The number of thioether (sulfide) groups is 1. The van der Waals surface area contributed by atoms with Crippen LogP contribution in [-0.4, -0.2) is 29.8 Å². The van der Waals surface area contributed by atoms with E-state index in [-0.39, 0.29) is 17.6 Å². The molecule has 6 heteroatoms. The average molecular weight is 314 g/mol. The topological polar surface area (TPSA) is 26.3 Å². The molecule has 0 fully saturated rings. The van der Waals surface area contributed by atoms with E-state index >= 15 is 0 Å². The summed E-state index contributed by atoms with van der Waals surface area (Å²) in [5.74, 6) is 0.688. The summed E-state index contributed by atoms with van der Waals surface area (Å²) in [6.45, 7) is 6.37. The Bertz CT molecular complexity index is 268. The summed E-state index contributed by atoms with van der Waals surface area (Å²) in [7, 11) is 0. The van der Waals surface area contributed by atoms with E-state index in [9.17, 15) is 18.0 Å². The minimum absolute atomic E-state index is 0.120. The highest BCUT2D eigenvalue weighted by Crippen LogP contribution is 2.25. The van der Waals surface area contributed by atoms with Crippen LogP contribution in [0, 0.1) is 5.92 Å². The van der Waals surface area contributed by atoms with Gasteiger partial charge in [-0.1, -0.05) is 20.8 Å². The van der Waals surface area contributed by atoms with E-state index < -0.39 is 12.6 Å². The molecule has 0 heterocycles. The van der Waals surface area contributed by atoms with Crippen molar-refractivity contribution in [2.45, 2.75) is 64.3 Å². The second-order valence-corrected chi connectivity index (χ2v) is 6.54. The Morgan fingerprint density at radius 3 is 2.40 bits per heavy atom. The molecule has 0 N–H and O–H groups in total. The van der Waals surface area contributed by atoms with Gasteiger partial charge in [0.2, 0.25) is 0 Å². The highest BCUT2D eigenvalue weighted by Gasteiger charge is 2.26. The van der Waals surface area contributed by atoms with Gasteiger partial charge in [-0.25, -0.2) is 0 Å². The van der Waals surface area contributed by atoms with Gasteiger partial charge in [0.05, 0.1) is 6.61 Å². The maximum atomic E-state index is 12.0. The van der Waals surface area contributed by atoms with E-state index in [0.29, 0.717) is 31.1 Å². The van der Waals surface area contributed by atoms with Crippen LogP contribution >= 0.6 is 11.8 Å². The Morgan fingerprint density at radius 1 is 1.25 bits per heavy atom. The fourth-order valence-corrected chi connectivity index (χ4v) is 2.99. The maximum Gasteiger partial charge on any atom is 0.389 e. The number of carbonyl (C=O) groups excluding carboxylic acids is 1. The molecule has 0 aliphatic carbocycles. The van der Waals surface area contributed by atoms with E-state index in [0.717, 1.165) is 6.42 Å². The predicted octanol–water partition coefficient (Wildman–Crippen LogP) is 4.82. The first-order valence-electron chi connectivity index (χ1n) is 7.11. The van der Waals surface area contributed by atoms with Crippen LogP contribution in [0.5, 0.6) is 0 Å². The van der Waals surface area contributed by atoms with Gasteiger partial charge in [-0.05, 0) is 37.4 Å². The van der Waals surface area contributed by atoms with Crippen molar-refractivity contribution in [2.24, 2.45) is 5.92 Å². The fraction of sp³-hybridized carbons (Fsp3) is 0.929. The SMILES string of the molecule is CCCOC(=O)C(CC(C)C)SCCCCC(F)(F)F. The molecule has 0 saturated carbocycles. The second kappa shape index (κ2) is 10.4. The molecule has 0 rings (SSSR count). The molecule has 0 aliphatic rings. The van der Waals surface area contributed by atoms with Gasteiger partial charge in [0, 0.05) is 6.42 Å². The van der Waals surface area contributed by atoms with Gasteiger partial charge in [0.15, 0.2) is 0 Å². The Hall–Kier alpha value is -0.390. The summed E-state index contributed by atoms with van der Waals surface area (Å²) in [6.07, 6.45) is -2.76. The Morgan fingerprint density at radius 2 is 1.90 bits per heavy atom. The molecule has 0 spiro atoms. The molecule has 20 heavy (non-hydrogen) atoms. The molecular formula is C14H25F3O2S. The number of ether oxygens (including phenoxy) is 1. The number of carbonyl (C=O) groups is 1. The fourth-order valence-electron chi connectivity index (χ4n) is 1.61. The smallest absolute Gasteiger partial charge is 0.389 e. The standard InChI is InChI=1S/C14H25F3O2S/c1-4-8-19-13(18)12(10-11(2)3)20-9-6-5-7-14(15,16)17/h11-12H,4-10H2,1-3H3. The molecule has 0 saturated heterocycles. The van der Waals surface area contributed by atoms with Crippen LogP contribution in [0.3, 0.4) is 0 Å². The van der Waals surface area contributed by atoms with E-state index in [4.69, 9.17) is 4.74 Å². The number of esters is 1. The molecule has 0 aliphatic heterocycles. The molecule has 2 nitrogen and oxygen atoms in total. The molecule has 1 unspecified atom stereocenters. The molecule has 0 amide bonds. The van der Waals surface area contributed by atoms with Crippen molar-refractivity contribution >= 4 is 17.7 Å². The Labute approximate surface area is 123 Å². The third-order valence-corrected chi connectivity index (χ3v) is 3.88. The van der Waals surface area contributed by atoms with Gasteiger partial charge in [0.1, 0.15) is 5.25 Å². The molecule has 0 aromatic carbocycles. The van der Waals surface area contributed by atoms with Gasteiger partial charge in [-0.2, -0.15) is 13.2 Å². The Kier molecular flexibility index (Phi) is 10.2. The first kappa shape index (κ1) is 19.6. The minimum atomic E-state index is -4.08. The lowest BCUT2D eigenvalue weighted by atomic mass is 10.1. The van der Waals surface area contributed by atoms with Crippen molar-refractivity contribution in [2.75, 3.05) is 12.4 Å². The first-order valence-corrected chi connectivity index (χ1v) is 8.16. The van der Waals surface area contributed by atoms with Gasteiger partial charge in [0.25, 0.3) is 0 Å². The normalized spacial score (nSPS) is 13.6. The minimum Gasteiger partial charge on any atom is -0.465 e. The van der Waals surface area contributed by atoms with Gasteiger partial charge in [-0.3, -0.25) is 4.79 Å². The van der Waals surface area contributed by atoms with E-state index in [2.05, 4.69) is 0 Å². The van der Waals surface area contributed by atoms with Crippen LogP contribution in [0.2, 0.25) is 0 Å². The number of alkyl halides is 3. The highest BCUT2D eigenvalue weighted by molar-refractivity contribution is 8.00. The van der Waals surface area contributed by atoms with Crippen molar-refractivity contribution in [1.29, 1.82) is 0 Å².